The van der Waals surface area contributed by atoms with Crippen LogP contribution in [0, 0.1) is 5.92 Å². The summed E-state index contributed by atoms with van der Waals surface area (Å²) in [5.41, 5.74) is 1.57. The van der Waals surface area contributed by atoms with Crippen molar-refractivity contribution in [2.24, 2.45) is 11.1 Å². The van der Waals surface area contributed by atoms with Crippen LogP contribution in [-0.2, 0) is 4.84 Å². The largest absolute Gasteiger partial charge is 0.367 e. The number of fused-ring (bicyclic) bond motifs is 2. The summed E-state index contributed by atoms with van der Waals surface area (Å²) in [4.78, 5) is 9.90. The lowest BCUT2D eigenvalue weighted by Gasteiger charge is -2.40. The Morgan fingerprint density at radius 3 is 2.90 bits per heavy atom. The van der Waals surface area contributed by atoms with Crippen molar-refractivity contribution in [1.82, 2.24) is 14.8 Å². The number of nitrogens with one attached hydrogen (secondary N) is 1. The predicted molar refractivity (Wildman–Crippen MR) is 74.3 cm³/mol. The second-order valence-electron chi connectivity index (χ2n) is 5.42. The van der Waals surface area contributed by atoms with Gasteiger partial charge >= 0.3 is 0 Å². The Bertz CT molecular complexity index is 680. The van der Waals surface area contributed by atoms with Gasteiger partial charge in [0, 0.05) is 0 Å². The van der Waals surface area contributed by atoms with E-state index < -0.39 is 5.72 Å². The molecule has 0 saturated carbocycles. The highest BCUT2D eigenvalue weighted by atomic mass is 16.7. The van der Waals surface area contributed by atoms with Crippen LogP contribution in [0.15, 0.2) is 41.8 Å². The van der Waals surface area contributed by atoms with Crippen molar-refractivity contribution in [3.05, 3.63) is 42.2 Å². The van der Waals surface area contributed by atoms with Gasteiger partial charge in [0.2, 0.25) is 11.7 Å². The average molecular weight is 269 g/mol. The fraction of sp³-hybridized carbons (Fsp3) is 0.357. The zero-order valence-corrected chi connectivity index (χ0v) is 11.3. The predicted octanol–water partition coefficient (Wildman–Crippen LogP) is 2.03. The highest BCUT2D eigenvalue weighted by molar-refractivity contribution is 5.88. The van der Waals surface area contributed by atoms with Gasteiger partial charge in [-0.1, -0.05) is 35.5 Å². The van der Waals surface area contributed by atoms with Gasteiger partial charge in [0.05, 0.1) is 17.7 Å². The molecule has 0 saturated heterocycles. The summed E-state index contributed by atoms with van der Waals surface area (Å²) < 4.78 is 1.91. The summed E-state index contributed by atoms with van der Waals surface area (Å²) in [7, 11) is 0. The molecule has 102 valence electrons. The van der Waals surface area contributed by atoms with Gasteiger partial charge in [-0.2, -0.15) is 10.1 Å². The smallest absolute Gasteiger partial charge is 0.224 e. The second kappa shape index (κ2) is 3.82. The van der Waals surface area contributed by atoms with E-state index in [1.165, 1.54) is 5.56 Å². The summed E-state index contributed by atoms with van der Waals surface area (Å²) in [6.45, 7) is 4.00. The number of rotatable bonds is 1. The van der Waals surface area contributed by atoms with E-state index in [4.69, 9.17) is 4.84 Å². The first-order valence-corrected chi connectivity index (χ1v) is 6.64. The number of aromatic nitrogens is 3. The minimum absolute atomic E-state index is 0.0335. The van der Waals surface area contributed by atoms with Crippen molar-refractivity contribution >= 4 is 11.7 Å². The van der Waals surface area contributed by atoms with Crippen molar-refractivity contribution in [2.75, 3.05) is 5.32 Å². The van der Waals surface area contributed by atoms with E-state index in [-0.39, 0.29) is 12.0 Å². The number of benzene rings is 1. The van der Waals surface area contributed by atoms with Crippen LogP contribution in [0.3, 0.4) is 0 Å². The molecule has 20 heavy (non-hydrogen) atoms. The second-order valence-corrected chi connectivity index (χ2v) is 5.42. The fourth-order valence-corrected chi connectivity index (χ4v) is 3.20. The molecule has 1 N–H and O–H groups in total. The molecular weight excluding hydrogens is 254 g/mol. The fourth-order valence-electron chi connectivity index (χ4n) is 3.20. The molecular formula is C14H15N5O. The van der Waals surface area contributed by atoms with Crippen LogP contribution in [0.4, 0.5) is 5.95 Å². The van der Waals surface area contributed by atoms with Gasteiger partial charge < -0.3 is 10.2 Å². The third-order valence-corrected chi connectivity index (χ3v) is 4.08. The van der Waals surface area contributed by atoms with Crippen LogP contribution in [-0.4, -0.2) is 26.2 Å². The standard InChI is InChI=1S/C14H15N5O/c1-9-11-12(10-6-4-3-5-7-10)19-13(15-8-16-19)17-14(11,2)20-18-9/h3-8,11-12H,1-2H3,(H,15,16,17)/t11-,12-,14+/m0/s1. The maximum Gasteiger partial charge on any atom is 0.224 e. The Balaban J connectivity index is 1.92. The average Bonchev–Trinajstić information content (AvgIpc) is 3.02. The molecule has 0 unspecified atom stereocenters. The molecule has 2 aliphatic heterocycles. The van der Waals surface area contributed by atoms with Crippen molar-refractivity contribution in [3.63, 3.8) is 0 Å². The lowest BCUT2D eigenvalue weighted by atomic mass is 9.81. The molecule has 0 fully saturated rings. The summed E-state index contributed by atoms with van der Waals surface area (Å²) >= 11 is 0. The maximum atomic E-state index is 5.63. The number of nitrogens with zero attached hydrogens (tertiary/aromatic N) is 4. The third kappa shape index (κ3) is 1.41. The molecule has 6 nitrogen and oxygen atoms in total. The zero-order chi connectivity index (χ0) is 13.7. The van der Waals surface area contributed by atoms with Crippen molar-refractivity contribution in [3.8, 4) is 0 Å². The summed E-state index contributed by atoms with van der Waals surface area (Å²) in [6, 6.07) is 10.3. The molecule has 4 rings (SSSR count). The summed E-state index contributed by atoms with van der Waals surface area (Å²) in [5, 5.41) is 11.8. The van der Waals surface area contributed by atoms with E-state index >= 15 is 0 Å². The number of hydrogen-bond acceptors (Lipinski definition) is 5. The zero-order valence-electron chi connectivity index (χ0n) is 11.3. The molecule has 2 aliphatic rings. The topological polar surface area (TPSA) is 64.3 Å². The molecule has 6 heteroatoms. The minimum atomic E-state index is -0.576. The van der Waals surface area contributed by atoms with Gasteiger partial charge in [0.15, 0.2) is 0 Å². The van der Waals surface area contributed by atoms with Crippen molar-refractivity contribution in [2.45, 2.75) is 25.6 Å². The first-order chi connectivity index (χ1) is 9.69. The monoisotopic (exact) mass is 269 g/mol. The SMILES string of the molecule is CC1=NO[C@@]2(C)Nc3ncnn3[C@@H](c3ccccc3)[C@H]12. The highest BCUT2D eigenvalue weighted by Crippen LogP contribution is 2.45. The van der Waals surface area contributed by atoms with Crippen LogP contribution < -0.4 is 5.32 Å². The molecule has 1 aromatic heterocycles. The Labute approximate surface area is 116 Å². The lowest BCUT2D eigenvalue weighted by molar-refractivity contribution is -0.0234. The molecule has 1 aromatic carbocycles. The number of anilines is 1. The molecule has 0 aliphatic carbocycles. The van der Waals surface area contributed by atoms with E-state index in [0.717, 1.165) is 5.71 Å². The Morgan fingerprint density at radius 2 is 2.10 bits per heavy atom. The van der Waals surface area contributed by atoms with E-state index in [1.807, 2.05) is 36.7 Å². The van der Waals surface area contributed by atoms with Gasteiger partial charge in [-0.05, 0) is 19.4 Å². The van der Waals surface area contributed by atoms with Crippen LogP contribution >= 0.6 is 0 Å². The quantitative estimate of drug-likeness (QED) is 0.860. The Hall–Kier alpha value is -2.37. The van der Waals surface area contributed by atoms with Crippen LogP contribution in [0.1, 0.15) is 25.5 Å². The minimum Gasteiger partial charge on any atom is -0.367 e. The Kier molecular flexibility index (Phi) is 2.19. The maximum absolute atomic E-state index is 5.63. The van der Waals surface area contributed by atoms with Crippen LogP contribution in [0.2, 0.25) is 0 Å². The van der Waals surface area contributed by atoms with E-state index in [2.05, 4.69) is 32.7 Å². The van der Waals surface area contributed by atoms with Crippen LogP contribution in [0.25, 0.3) is 0 Å². The van der Waals surface area contributed by atoms with Crippen LogP contribution in [0.5, 0.6) is 0 Å². The molecule has 3 heterocycles. The van der Waals surface area contributed by atoms with E-state index in [9.17, 15) is 0 Å². The summed E-state index contributed by atoms with van der Waals surface area (Å²) in [6.07, 6.45) is 1.56. The van der Waals surface area contributed by atoms with Gasteiger partial charge in [-0.3, -0.25) is 0 Å². The lowest BCUT2D eigenvalue weighted by Crippen LogP contribution is -2.52. The summed E-state index contributed by atoms with van der Waals surface area (Å²) in [5.74, 6) is 0.793. The van der Waals surface area contributed by atoms with Crippen molar-refractivity contribution in [1.29, 1.82) is 0 Å². The Morgan fingerprint density at radius 1 is 1.30 bits per heavy atom. The molecule has 0 radical (unpaired) electrons. The van der Waals surface area contributed by atoms with Gasteiger partial charge in [-0.15, -0.1) is 0 Å². The van der Waals surface area contributed by atoms with Gasteiger partial charge in [0.1, 0.15) is 6.33 Å². The van der Waals surface area contributed by atoms with E-state index in [0.29, 0.717) is 5.95 Å². The van der Waals surface area contributed by atoms with Crippen molar-refractivity contribution < 1.29 is 4.84 Å². The van der Waals surface area contributed by atoms with Gasteiger partial charge in [0.25, 0.3) is 0 Å². The first-order valence-electron chi connectivity index (χ1n) is 6.64. The molecule has 2 aromatic rings. The molecule has 0 bridgehead atoms. The third-order valence-electron chi connectivity index (χ3n) is 4.08. The van der Waals surface area contributed by atoms with Gasteiger partial charge in [-0.25, -0.2) is 4.68 Å². The molecule has 0 spiro atoms. The first kappa shape index (κ1) is 11.5. The highest BCUT2D eigenvalue weighted by Gasteiger charge is 2.53. The number of oxime groups is 1. The molecule has 0 amide bonds. The molecule has 3 atom stereocenters. The number of hydrogen-bond donors (Lipinski definition) is 1. The normalized spacial score (nSPS) is 30.8. The van der Waals surface area contributed by atoms with E-state index in [1.54, 1.807) is 6.33 Å².